The quantitative estimate of drug-likeness (QED) is 0.432. The van der Waals surface area contributed by atoms with E-state index in [0.717, 1.165) is 9.99 Å². The summed E-state index contributed by atoms with van der Waals surface area (Å²) in [5.41, 5.74) is 1.06. The van der Waals surface area contributed by atoms with E-state index in [-0.39, 0.29) is 0 Å². The van der Waals surface area contributed by atoms with Crippen molar-refractivity contribution in [2.24, 2.45) is 7.05 Å². The highest BCUT2D eigenvalue weighted by Crippen LogP contribution is 2.19. The van der Waals surface area contributed by atoms with Crippen LogP contribution in [0.2, 0.25) is 0 Å². The zero-order valence-corrected chi connectivity index (χ0v) is 13.3. The van der Waals surface area contributed by atoms with E-state index in [0.29, 0.717) is 0 Å². The second-order valence-electron chi connectivity index (χ2n) is 4.89. The first-order chi connectivity index (χ1) is 10.2. The number of hydrogen-bond acceptors (Lipinski definition) is 1. The molecule has 0 atom stereocenters. The Kier molecular flexibility index (Phi) is 4.02. The van der Waals surface area contributed by atoms with E-state index in [1.807, 2.05) is 37.5 Å². The summed E-state index contributed by atoms with van der Waals surface area (Å²) in [6, 6.07) is 18.4. The Morgan fingerprint density at radius 1 is 0.857 bits per heavy atom. The fraction of sp³-hybridized carbons (Fsp3) is 0.0556. The number of para-hydroxylation sites is 1. The first-order valence-corrected chi connectivity index (χ1v) is 7.53. The van der Waals surface area contributed by atoms with E-state index in [4.69, 9.17) is 0 Å². The predicted octanol–water partition coefficient (Wildman–Crippen LogP) is 5.18. The Hall–Kier alpha value is -2.13. The molecule has 104 valence electrons. The Bertz CT molecular complexity index is 815. The molecule has 0 aliphatic heterocycles. The van der Waals surface area contributed by atoms with Gasteiger partial charge in [-0.1, -0.05) is 46.3 Å². The maximum atomic E-state index is 4.18. The van der Waals surface area contributed by atoms with Crippen molar-refractivity contribution in [1.29, 1.82) is 0 Å². The van der Waals surface area contributed by atoms with Crippen LogP contribution < -0.4 is 0 Å². The normalized spacial score (nSPS) is 10.4. The number of hydrogen-bond donors (Lipinski definition) is 0. The molecule has 0 saturated carbocycles. The average molecular weight is 339 g/mol. The predicted molar refractivity (Wildman–Crippen MR) is 92.4 cm³/mol. The molecule has 0 fully saturated rings. The van der Waals surface area contributed by atoms with Gasteiger partial charge >= 0.3 is 0 Å². The van der Waals surface area contributed by atoms with Gasteiger partial charge in [-0.05, 0) is 29.7 Å². The molecule has 4 aromatic rings. The molecule has 2 nitrogen and oxygen atoms in total. The van der Waals surface area contributed by atoms with Gasteiger partial charge in [0, 0.05) is 40.9 Å². The van der Waals surface area contributed by atoms with Gasteiger partial charge in [0.1, 0.15) is 0 Å². The highest BCUT2D eigenvalue weighted by molar-refractivity contribution is 9.10. The van der Waals surface area contributed by atoms with E-state index < -0.39 is 0 Å². The molecule has 0 amide bonds. The average Bonchev–Trinajstić information content (AvgIpc) is 2.87. The summed E-state index contributed by atoms with van der Waals surface area (Å²) in [6.45, 7) is 0. The maximum absolute atomic E-state index is 4.18. The fourth-order valence-electron chi connectivity index (χ4n) is 2.27. The molecule has 2 aromatic carbocycles. The molecule has 0 saturated heterocycles. The molecule has 0 radical (unpaired) electrons. The number of halogens is 1. The molecular weight excluding hydrogens is 324 g/mol. The second-order valence-corrected chi connectivity index (χ2v) is 5.81. The SMILES string of the molecule is Cn1cc2ccc(Br)cc2c1.c1ccc2ncccc2c1. The van der Waals surface area contributed by atoms with Crippen molar-refractivity contribution in [3.63, 3.8) is 0 Å². The van der Waals surface area contributed by atoms with Crippen LogP contribution >= 0.6 is 15.9 Å². The topological polar surface area (TPSA) is 17.8 Å². The number of pyridine rings is 1. The highest BCUT2D eigenvalue weighted by atomic mass is 79.9. The molecule has 2 heterocycles. The molecule has 0 bridgehead atoms. The first kappa shape index (κ1) is 13.8. The van der Waals surface area contributed by atoms with Crippen molar-refractivity contribution in [2.75, 3.05) is 0 Å². The van der Waals surface area contributed by atoms with E-state index in [1.165, 1.54) is 16.2 Å². The van der Waals surface area contributed by atoms with Crippen LogP contribution in [0, 0.1) is 0 Å². The van der Waals surface area contributed by atoms with Gasteiger partial charge in [0.25, 0.3) is 0 Å². The van der Waals surface area contributed by atoms with Crippen LogP contribution in [-0.2, 0) is 7.05 Å². The summed E-state index contributed by atoms with van der Waals surface area (Å²) < 4.78 is 3.20. The van der Waals surface area contributed by atoms with Crippen molar-refractivity contribution in [3.05, 3.63) is 77.7 Å². The van der Waals surface area contributed by atoms with Gasteiger partial charge in [-0.3, -0.25) is 4.98 Å². The lowest BCUT2D eigenvalue weighted by atomic mass is 10.2. The number of aromatic nitrogens is 2. The minimum Gasteiger partial charge on any atom is -0.356 e. The lowest BCUT2D eigenvalue weighted by Gasteiger charge is -1.91. The summed E-state index contributed by atoms with van der Waals surface area (Å²) >= 11 is 3.43. The Morgan fingerprint density at radius 3 is 2.48 bits per heavy atom. The summed E-state index contributed by atoms with van der Waals surface area (Å²) in [6.07, 6.45) is 6.03. The number of fused-ring (bicyclic) bond motifs is 2. The minimum atomic E-state index is 1.06. The number of nitrogens with zero attached hydrogens (tertiary/aromatic N) is 2. The van der Waals surface area contributed by atoms with Crippen molar-refractivity contribution < 1.29 is 0 Å². The van der Waals surface area contributed by atoms with Crippen LogP contribution in [0.5, 0.6) is 0 Å². The zero-order chi connectivity index (χ0) is 14.7. The molecular formula is C18H15BrN2. The van der Waals surface area contributed by atoms with Gasteiger partial charge in [-0.25, -0.2) is 0 Å². The number of benzene rings is 2. The second kappa shape index (κ2) is 6.10. The zero-order valence-electron chi connectivity index (χ0n) is 11.7. The third-order valence-electron chi connectivity index (χ3n) is 3.25. The van der Waals surface area contributed by atoms with E-state index in [2.05, 4.69) is 68.2 Å². The van der Waals surface area contributed by atoms with Gasteiger partial charge in [-0.15, -0.1) is 0 Å². The monoisotopic (exact) mass is 338 g/mol. The van der Waals surface area contributed by atoms with Crippen LogP contribution in [0.15, 0.2) is 77.7 Å². The first-order valence-electron chi connectivity index (χ1n) is 6.73. The van der Waals surface area contributed by atoms with Crippen LogP contribution in [-0.4, -0.2) is 9.55 Å². The molecule has 0 unspecified atom stereocenters. The van der Waals surface area contributed by atoms with Crippen molar-refractivity contribution in [2.45, 2.75) is 0 Å². The number of aryl methyl sites for hydroxylation is 1. The highest BCUT2D eigenvalue weighted by Gasteiger charge is 1.95. The third-order valence-corrected chi connectivity index (χ3v) is 3.74. The van der Waals surface area contributed by atoms with E-state index >= 15 is 0 Å². The van der Waals surface area contributed by atoms with Gasteiger partial charge in [0.05, 0.1) is 5.52 Å². The van der Waals surface area contributed by atoms with Crippen molar-refractivity contribution in [1.82, 2.24) is 9.55 Å². The Morgan fingerprint density at radius 2 is 1.62 bits per heavy atom. The lowest BCUT2D eigenvalue weighted by Crippen LogP contribution is -1.75. The molecule has 0 aliphatic rings. The summed E-state index contributed by atoms with van der Waals surface area (Å²) in [5, 5.41) is 3.77. The fourth-order valence-corrected chi connectivity index (χ4v) is 2.65. The molecule has 0 spiro atoms. The standard InChI is InChI=1S/C9H8BrN.C9H7N/c1-11-5-7-2-3-9(10)4-8(7)6-11;1-2-6-9-8(4-1)5-3-7-10-9/h2-6H,1H3;1-7H. The van der Waals surface area contributed by atoms with Crippen LogP contribution in [0.4, 0.5) is 0 Å². The molecule has 0 aliphatic carbocycles. The maximum Gasteiger partial charge on any atom is 0.0701 e. The third kappa shape index (κ3) is 3.31. The van der Waals surface area contributed by atoms with E-state index in [1.54, 1.807) is 0 Å². The Labute approximate surface area is 132 Å². The molecule has 3 heteroatoms. The minimum absolute atomic E-state index is 1.06. The smallest absolute Gasteiger partial charge is 0.0701 e. The molecule has 0 N–H and O–H groups in total. The largest absolute Gasteiger partial charge is 0.356 e. The summed E-state index contributed by atoms with van der Waals surface area (Å²) in [7, 11) is 2.04. The van der Waals surface area contributed by atoms with Crippen molar-refractivity contribution in [3.8, 4) is 0 Å². The van der Waals surface area contributed by atoms with Gasteiger partial charge in [0.2, 0.25) is 0 Å². The molecule has 2 aromatic heterocycles. The van der Waals surface area contributed by atoms with Gasteiger partial charge < -0.3 is 4.57 Å². The van der Waals surface area contributed by atoms with E-state index in [9.17, 15) is 0 Å². The summed E-state index contributed by atoms with van der Waals surface area (Å²) in [4.78, 5) is 4.18. The molecule has 4 rings (SSSR count). The lowest BCUT2D eigenvalue weighted by molar-refractivity contribution is 0.933. The Balaban J connectivity index is 0.000000126. The molecule has 21 heavy (non-hydrogen) atoms. The van der Waals surface area contributed by atoms with Crippen molar-refractivity contribution >= 4 is 37.6 Å². The van der Waals surface area contributed by atoms with Gasteiger partial charge in [-0.2, -0.15) is 0 Å². The number of rotatable bonds is 0. The van der Waals surface area contributed by atoms with Gasteiger partial charge in [0.15, 0.2) is 0 Å². The van der Waals surface area contributed by atoms with Crippen LogP contribution in [0.1, 0.15) is 0 Å². The van der Waals surface area contributed by atoms with Crippen LogP contribution in [0.3, 0.4) is 0 Å². The summed E-state index contributed by atoms with van der Waals surface area (Å²) in [5.74, 6) is 0. The van der Waals surface area contributed by atoms with Crippen LogP contribution in [0.25, 0.3) is 21.7 Å².